The van der Waals surface area contributed by atoms with Crippen molar-refractivity contribution >= 4 is 32.8 Å². The fourth-order valence-electron chi connectivity index (χ4n) is 2.23. The Bertz CT molecular complexity index is 1140. The summed E-state index contributed by atoms with van der Waals surface area (Å²) in [4.78, 5) is 16.3. The number of carboxylic acid groups (broad SMARTS) is 1. The van der Waals surface area contributed by atoms with E-state index >= 15 is 0 Å². The minimum absolute atomic E-state index is 0.162. The molecule has 7 nitrogen and oxygen atoms in total. The van der Waals surface area contributed by atoms with Gasteiger partial charge in [0, 0.05) is 18.9 Å². The van der Waals surface area contributed by atoms with Crippen LogP contribution in [0.3, 0.4) is 0 Å². The maximum atomic E-state index is 11.5. The largest absolute Gasteiger partial charge is 0.478 e. The smallest absolute Gasteiger partial charge is 0.335 e. The Labute approximate surface area is 153 Å². The van der Waals surface area contributed by atoms with Gasteiger partial charge >= 0.3 is 5.97 Å². The molecular formula is C17H15N3O4S2. The third-order valence-corrected chi connectivity index (χ3v) is 5.73. The summed E-state index contributed by atoms with van der Waals surface area (Å²) in [7, 11) is -1.50. The summed E-state index contributed by atoms with van der Waals surface area (Å²) in [6.45, 7) is 0. The lowest BCUT2D eigenvalue weighted by atomic mass is 10.2. The minimum atomic E-state index is -3.25. The topological polar surface area (TPSA) is 102 Å². The minimum Gasteiger partial charge on any atom is -0.478 e. The fourth-order valence-corrected chi connectivity index (χ4v) is 3.77. The highest BCUT2D eigenvalue weighted by atomic mass is 32.2. The van der Waals surface area contributed by atoms with Gasteiger partial charge < -0.3 is 5.11 Å². The molecule has 9 heteroatoms. The van der Waals surface area contributed by atoms with Crippen molar-refractivity contribution < 1.29 is 18.3 Å². The van der Waals surface area contributed by atoms with Crippen molar-refractivity contribution in [1.29, 1.82) is 0 Å². The molecule has 2 aromatic carbocycles. The second kappa shape index (κ2) is 6.85. The summed E-state index contributed by atoms with van der Waals surface area (Å²) in [5.74, 6) is -1.01. The molecule has 0 atom stereocenters. The van der Waals surface area contributed by atoms with Gasteiger partial charge in [-0.25, -0.2) is 22.9 Å². The highest BCUT2D eigenvalue weighted by Crippen LogP contribution is 2.22. The zero-order chi connectivity index (χ0) is 18.9. The average molecular weight is 389 g/mol. The molecule has 26 heavy (non-hydrogen) atoms. The van der Waals surface area contributed by atoms with E-state index in [2.05, 4.69) is 10.1 Å². The number of aromatic nitrogens is 2. The first-order valence-corrected chi connectivity index (χ1v) is 10.2. The molecule has 0 bridgehead atoms. The van der Waals surface area contributed by atoms with E-state index in [1.807, 2.05) is 0 Å². The third kappa shape index (κ3) is 3.89. The Hall–Kier alpha value is -2.78. The number of nitrogens with zero attached hydrogens (tertiary/aromatic N) is 3. The SMILES string of the molecule is Cn1nc(-c2ccc(S(C)(=O)=O)cc2)s/c1=N/c1cccc(C(=O)O)c1. The van der Waals surface area contributed by atoms with Crippen molar-refractivity contribution in [2.45, 2.75) is 4.90 Å². The Balaban J connectivity index is 1.99. The molecule has 0 aliphatic carbocycles. The zero-order valence-corrected chi connectivity index (χ0v) is 15.6. The molecule has 0 radical (unpaired) electrons. The van der Waals surface area contributed by atoms with E-state index in [4.69, 9.17) is 5.11 Å². The predicted octanol–water partition coefficient (Wildman–Crippen LogP) is 2.48. The van der Waals surface area contributed by atoms with Crippen molar-refractivity contribution in [2.24, 2.45) is 12.0 Å². The van der Waals surface area contributed by atoms with Gasteiger partial charge in [0.05, 0.1) is 16.1 Å². The first-order chi connectivity index (χ1) is 12.2. The predicted molar refractivity (Wildman–Crippen MR) is 98.3 cm³/mol. The van der Waals surface area contributed by atoms with Crippen LogP contribution in [-0.4, -0.2) is 35.5 Å². The molecule has 0 unspecified atom stereocenters. The van der Waals surface area contributed by atoms with Gasteiger partial charge in [-0.05, 0) is 30.3 Å². The van der Waals surface area contributed by atoms with Crippen LogP contribution in [0.2, 0.25) is 0 Å². The molecular weight excluding hydrogens is 374 g/mol. The monoisotopic (exact) mass is 389 g/mol. The van der Waals surface area contributed by atoms with Gasteiger partial charge in [0.2, 0.25) is 4.80 Å². The van der Waals surface area contributed by atoms with Gasteiger partial charge in [0.15, 0.2) is 9.84 Å². The average Bonchev–Trinajstić information content (AvgIpc) is 2.95. The summed E-state index contributed by atoms with van der Waals surface area (Å²) in [5.41, 5.74) is 1.46. The van der Waals surface area contributed by atoms with Crippen LogP contribution >= 0.6 is 11.3 Å². The standard InChI is InChI=1S/C17H15N3O4S2/c1-20-17(18-13-5-3-4-12(10-13)16(21)22)25-15(19-20)11-6-8-14(9-7-11)26(2,23)24/h3-10H,1-2H3,(H,21,22)/b18-17+. The van der Waals surface area contributed by atoms with Gasteiger partial charge in [-0.1, -0.05) is 29.5 Å². The molecule has 0 saturated carbocycles. The lowest BCUT2D eigenvalue weighted by Crippen LogP contribution is -2.10. The summed E-state index contributed by atoms with van der Waals surface area (Å²) in [6, 6.07) is 12.8. The first-order valence-electron chi connectivity index (χ1n) is 7.47. The maximum Gasteiger partial charge on any atom is 0.335 e. The van der Waals surface area contributed by atoms with Crippen molar-refractivity contribution in [2.75, 3.05) is 6.26 Å². The molecule has 1 aromatic heterocycles. The van der Waals surface area contributed by atoms with E-state index in [1.54, 1.807) is 48.1 Å². The van der Waals surface area contributed by atoms with E-state index in [0.717, 1.165) is 11.8 Å². The number of hydrogen-bond acceptors (Lipinski definition) is 6. The number of aromatic carboxylic acids is 1. The Kier molecular flexibility index (Phi) is 4.75. The van der Waals surface area contributed by atoms with Crippen molar-refractivity contribution in [3.8, 4) is 10.6 Å². The molecule has 0 aliphatic rings. The van der Waals surface area contributed by atoms with Gasteiger partial charge in [-0.3, -0.25) is 0 Å². The summed E-state index contributed by atoms with van der Waals surface area (Å²) in [6.07, 6.45) is 1.16. The normalized spacial score (nSPS) is 12.3. The van der Waals surface area contributed by atoms with Crippen LogP contribution < -0.4 is 4.80 Å². The molecule has 1 heterocycles. The molecule has 1 N–H and O–H groups in total. The molecule has 0 saturated heterocycles. The van der Waals surface area contributed by atoms with Crippen LogP contribution in [0.15, 0.2) is 58.4 Å². The molecule has 0 fully saturated rings. The number of sulfone groups is 1. The fraction of sp³-hybridized carbons (Fsp3) is 0.118. The number of carbonyl (C=O) groups is 1. The Morgan fingerprint density at radius 1 is 1.19 bits per heavy atom. The summed E-state index contributed by atoms with van der Waals surface area (Å²) < 4.78 is 24.7. The number of aryl methyl sites for hydroxylation is 1. The lowest BCUT2D eigenvalue weighted by molar-refractivity contribution is 0.0697. The van der Waals surface area contributed by atoms with E-state index in [0.29, 0.717) is 15.5 Å². The quantitative estimate of drug-likeness (QED) is 0.739. The first kappa shape index (κ1) is 18.0. The van der Waals surface area contributed by atoms with Gasteiger partial charge in [-0.15, -0.1) is 0 Å². The second-order valence-electron chi connectivity index (χ2n) is 5.58. The van der Waals surface area contributed by atoms with Crippen LogP contribution in [0.25, 0.3) is 10.6 Å². The van der Waals surface area contributed by atoms with E-state index in [-0.39, 0.29) is 10.5 Å². The Morgan fingerprint density at radius 3 is 2.50 bits per heavy atom. The highest BCUT2D eigenvalue weighted by molar-refractivity contribution is 7.90. The van der Waals surface area contributed by atoms with Crippen LogP contribution in [-0.2, 0) is 16.9 Å². The van der Waals surface area contributed by atoms with E-state index in [1.165, 1.54) is 23.5 Å². The molecule has 0 amide bonds. The van der Waals surface area contributed by atoms with Crippen LogP contribution in [0.5, 0.6) is 0 Å². The van der Waals surface area contributed by atoms with Crippen molar-refractivity contribution in [1.82, 2.24) is 9.78 Å². The van der Waals surface area contributed by atoms with Crippen LogP contribution in [0.1, 0.15) is 10.4 Å². The number of carboxylic acids is 1. The number of rotatable bonds is 4. The maximum absolute atomic E-state index is 11.5. The summed E-state index contributed by atoms with van der Waals surface area (Å²) in [5, 5.41) is 14.1. The van der Waals surface area contributed by atoms with Crippen molar-refractivity contribution in [3.05, 3.63) is 58.9 Å². The van der Waals surface area contributed by atoms with Gasteiger partial charge in [0.1, 0.15) is 5.01 Å². The molecule has 3 aromatic rings. The van der Waals surface area contributed by atoms with Crippen LogP contribution in [0.4, 0.5) is 5.69 Å². The van der Waals surface area contributed by atoms with Crippen molar-refractivity contribution in [3.63, 3.8) is 0 Å². The number of benzene rings is 2. The highest BCUT2D eigenvalue weighted by Gasteiger charge is 2.10. The zero-order valence-electron chi connectivity index (χ0n) is 13.9. The number of hydrogen-bond donors (Lipinski definition) is 1. The molecule has 3 rings (SSSR count). The van der Waals surface area contributed by atoms with Crippen LogP contribution in [0, 0.1) is 0 Å². The lowest BCUT2D eigenvalue weighted by Gasteiger charge is -1.99. The second-order valence-corrected chi connectivity index (χ2v) is 8.55. The third-order valence-electron chi connectivity index (χ3n) is 3.55. The van der Waals surface area contributed by atoms with E-state index in [9.17, 15) is 13.2 Å². The van der Waals surface area contributed by atoms with Gasteiger partial charge in [0.25, 0.3) is 0 Å². The summed E-state index contributed by atoms with van der Waals surface area (Å²) >= 11 is 1.32. The molecule has 134 valence electrons. The molecule has 0 spiro atoms. The van der Waals surface area contributed by atoms with E-state index < -0.39 is 15.8 Å². The van der Waals surface area contributed by atoms with Gasteiger partial charge in [-0.2, -0.15) is 5.10 Å². The Morgan fingerprint density at radius 2 is 1.88 bits per heavy atom. The molecule has 0 aliphatic heterocycles.